The lowest BCUT2D eigenvalue weighted by molar-refractivity contribution is -0.142. The highest BCUT2D eigenvalue weighted by Gasteiger charge is 2.28. The number of hydrogen-bond donors (Lipinski definition) is 7. The number of rotatable bonds is 17. The molecule has 0 saturated heterocycles. The van der Waals surface area contributed by atoms with Crippen LogP contribution in [0.5, 0.6) is 0 Å². The van der Waals surface area contributed by atoms with Crippen LogP contribution in [0.4, 0.5) is 0 Å². The number of nitrogens with two attached hydrogens (primary N) is 3. The predicted octanol–water partition coefficient (Wildman–Crippen LogP) is -0.627. The summed E-state index contributed by atoms with van der Waals surface area (Å²) in [7, 11) is 0. The lowest BCUT2D eigenvalue weighted by Crippen LogP contribution is -2.56. The van der Waals surface area contributed by atoms with Crippen LogP contribution in [0, 0.1) is 0 Å². The van der Waals surface area contributed by atoms with E-state index < -0.39 is 47.9 Å². The van der Waals surface area contributed by atoms with Crippen LogP contribution in [0.2, 0.25) is 0 Å². The lowest BCUT2D eigenvalue weighted by atomic mass is 10.0. The molecule has 1 aromatic rings. The minimum atomic E-state index is -1.16. The highest BCUT2D eigenvalue weighted by Crippen LogP contribution is 2.07. The predicted molar refractivity (Wildman–Crippen MR) is 133 cm³/mol. The number of carbonyl (C=O) groups excluding carboxylic acids is 3. The second-order valence-electron chi connectivity index (χ2n) is 8.56. The summed E-state index contributed by atoms with van der Waals surface area (Å²) >= 11 is 0. The second kappa shape index (κ2) is 16.6. The molecule has 0 saturated carbocycles. The molecule has 0 radical (unpaired) electrons. The molecule has 0 fully saturated rings. The maximum Gasteiger partial charge on any atom is 0.326 e. The molecular formula is C24H40N6O5. The van der Waals surface area contributed by atoms with E-state index in [1.165, 1.54) is 6.92 Å². The third kappa shape index (κ3) is 11.8. The van der Waals surface area contributed by atoms with Crippen LogP contribution >= 0.6 is 0 Å². The van der Waals surface area contributed by atoms with Gasteiger partial charge in [-0.15, -0.1) is 0 Å². The minimum Gasteiger partial charge on any atom is -0.480 e. The smallest absolute Gasteiger partial charge is 0.326 e. The van der Waals surface area contributed by atoms with Crippen molar-refractivity contribution in [3.05, 3.63) is 35.9 Å². The Balaban J connectivity index is 2.85. The Morgan fingerprint density at radius 2 is 1.37 bits per heavy atom. The number of hydrogen-bond acceptors (Lipinski definition) is 7. The second-order valence-corrected chi connectivity index (χ2v) is 8.56. The Morgan fingerprint density at radius 3 is 1.94 bits per heavy atom. The first-order valence-corrected chi connectivity index (χ1v) is 12.0. The molecule has 0 aliphatic carbocycles. The Hall–Kier alpha value is -3.02. The van der Waals surface area contributed by atoms with Gasteiger partial charge in [0.2, 0.25) is 17.7 Å². The highest BCUT2D eigenvalue weighted by atomic mass is 16.4. The van der Waals surface area contributed by atoms with Gasteiger partial charge in [0.1, 0.15) is 18.1 Å². The van der Waals surface area contributed by atoms with Crippen LogP contribution in [-0.4, -0.2) is 66.1 Å². The van der Waals surface area contributed by atoms with E-state index in [9.17, 15) is 24.3 Å². The zero-order chi connectivity index (χ0) is 26.2. The standard InChI is InChI=1S/C24H40N6O5/c1-16(28-22(32)18(27)11-5-7-13-25)21(31)30-20(15-17-9-3-2-4-10-17)23(33)29-19(24(34)35)12-6-8-14-26/h2-4,9-10,16,18-20H,5-8,11-15,25-27H2,1H3,(H,28,32)(H,29,33)(H,30,31)(H,34,35). The number of carbonyl (C=O) groups is 4. The van der Waals surface area contributed by atoms with Crippen molar-refractivity contribution in [3.63, 3.8) is 0 Å². The van der Waals surface area contributed by atoms with Crippen LogP contribution in [0.1, 0.15) is 51.0 Å². The molecule has 10 N–H and O–H groups in total. The first-order valence-electron chi connectivity index (χ1n) is 12.0. The topological polar surface area (TPSA) is 203 Å². The van der Waals surface area contributed by atoms with Gasteiger partial charge in [0.15, 0.2) is 0 Å². The number of carboxylic acid groups (broad SMARTS) is 1. The fourth-order valence-corrected chi connectivity index (χ4v) is 3.40. The van der Waals surface area contributed by atoms with Gasteiger partial charge in [0.05, 0.1) is 6.04 Å². The summed E-state index contributed by atoms with van der Waals surface area (Å²) in [6, 6.07) is 5.15. The van der Waals surface area contributed by atoms with Crippen molar-refractivity contribution in [2.24, 2.45) is 17.2 Å². The fourth-order valence-electron chi connectivity index (χ4n) is 3.40. The maximum absolute atomic E-state index is 13.0. The first kappa shape index (κ1) is 30.0. The SMILES string of the molecule is CC(NC(=O)C(N)CCCCN)C(=O)NC(Cc1ccccc1)C(=O)NC(CCCCN)C(=O)O. The van der Waals surface area contributed by atoms with Crippen molar-refractivity contribution in [1.82, 2.24) is 16.0 Å². The number of unbranched alkanes of at least 4 members (excludes halogenated alkanes) is 2. The summed E-state index contributed by atoms with van der Waals surface area (Å²) in [4.78, 5) is 49.7. The molecule has 4 unspecified atom stereocenters. The van der Waals surface area contributed by atoms with E-state index in [-0.39, 0.29) is 12.8 Å². The molecule has 1 rings (SSSR count). The van der Waals surface area contributed by atoms with Crippen LogP contribution < -0.4 is 33.2 Å². The van der Waals surface area contributed by atoms with Crippen molar-refractivity contribution in [2.75, 3.05) is 13.1 Å². The highest BCUT2D eigenvalue weighted by molar-refractivity contribution is 5.94. The molecule has 196 valence electrons. The van der Waals surface area contributed by atoms with E-state index in [4.69, 9.17) is 17.2 Å². The molecule has 0 aliphatic heterocycles. The number of aliphatic carboxylic acids is 1. The van der Waals surface area contributed by atoms with Crippen molar-refractivity contribution < 1.29 is 24.3 Å². The zero-order valence-corrected chi connectivity index (χ0v) is 20.4. The molecule has 0 aliphatic rings. The summed E-state index contributed by atoms with van der Waals surface area (Å²) in [6.07, 6.45) is 3.42. The molecule has 4 atom stereocenters. The quantitative estimate of drug-likeness (QED) is 0.139. The van der Waals surface area contributed by atoms with E-state index >= 15 is 0 Å². The molecule has 3 amide bonds. The van der Waals surface area contributed by atoms with Crippen molar-refractivity contribution in [1.29, 1.82) is 0 Å². The Morgan fingerprint density at radius 1 is 0.800 bits per heavy atom. The zero-order valence-electron chi connectivity index (χ0n) is 20.4. The van der Waals surface area contributed by atoms with Crippen LogP contribution in [0.3, 0.4) is 0 Å². The van der Waals surface area contributed by atoms with E-state index in [0.717, 1.165) is 12.0 Å². The maximum atomic E-state index is 13.0. The summed E-state index contributed by atoms with van der Waals surface area (Å²) < 4.78 is 0. The monoisotopic (exact) mass is 492 g/mol. The number of benzene rings is 1. The fraction of sp³-hybridized carbons (Fsp3) is 0.583. The van der Waals surface area contributed by atoms with Gasteiger partial charge in [0, 0.05) is 6.42 Å². The van der Waals surface area contributed by atoms with Gasteiger partial charge in [-0.3, -0.25) is 14.4 Å². The van der Waals surface area contributed by atoms with Gasteiger partial charge in [-0.2, -0.15) is 0 Å². The Labute approximate surface area is 206 Å². The third-order valence-electron chi connectivity index (χ3n) is 5.54. The molecule has 0 aromatic heterocycles. The molecule has 35 heavy (non-hydrogen) atoms. The Bertz CT molecular complexity index is 807. The van der Waals surface area contributed by atoms with Gasteiger partial charge in [-0.1, -0.05) is 36.8 Å². The summed E-state index contributed by atoms with van der Waals surface area (Å²) in [5.41, 5.74) is 17.6. The number of carboxylic acids is 1. The van der Waals surface area contributed by atoms with E-state index in [1.807, 2.05) is 6.07 Å². The van der Waals surface area contributed by atoms with E-state index in [2.05, 4.69) is 16.0 Å². The molecular weight excluding hydrogens is 452 g/mol. The largest absolute Gasteiger partial charge is 0.480 e. The normalized spacial score (nSPS) is 14.3. The van der Waals surface area contributed by atoms with E-state index in [1.54, 1.807) is 24.3 Å². The molecule has 11 heteroatoms. The minimum absolute atomic E-state index is 0.146. The van der Waals surface area contributed by atoms with Gasteiger partial charge < -0.3 is 38.3 Å². The average molecular weight is 493 g/mol. The van der Waals surface area contributed by atoms with Gasteiger partial charge in [-0.25, -0.2) is 4.79 Å². The van der Waals surface area contributed by atoms with Crippen molar-refractivity contribution in [2.45, 2.75) is 76.0 Å². The molecule has 11 nitrogen and oxygen atoms in total. The lowest BCUT2D eigenvalue weighted by Gasteiger charge is -2.24. The van der Waals surface area contributed by atoms with Crippen LogP contribution in [0.15, 0.2) is 30.3 Å². The third-order valence-corrected chi connectivity index (χ3v) is 5.54. The van der Waals surface area contributed by atoms with Crippen molar-refractivity contribution in [3.8, 4) is 0 Å². The summed E-state index contributed by atoms with van der Waals surface area (Å²) in [5.74, 6) is -2.85. The first-order chi connectivity index (χ1) is 16.7. The van der Waals surface area contributed by atoms with Gasteiger partial charge >= 0.3 is 5.97 Å². The average Bonchev–Trinajstić information content (AvgIpc) is 2.83. The molecule has 0 heterocycles. The molecule has 0 bridgehead atoms. The number of amides is 3. The summed E-state index contributed by atoms with van der Waals surface area (Å²) in [5, 5.41) is 17.2. The molecule has 1 aromatic carbocycles. The van der Waals surface area contributed by atoms with Crippen molar-refractivity contribution >= 4 is 23.7 Å². The molecule has 0 spiro atoms. The Kier molecular flexibility index (Phi) is 14.2. The summed E-state index contributed by atoms with van der Waals surface area (Å²) in [6.45, 7) is 2.42. The van der Waals surface area contributed by atoms with Gasteiger partial charge in [-0.05, 0) is 57.7 Å². The van der Waals surface area contributed by atoms with Crippen LogP contribution in [0.25, 0.3) is 0 Å². The van der Waals surface area contributed by atoms with Gasteiger partial charge in [0.25, 0.3) is 0 Å². The van der Waals surface area contributed by atoms with Crippen LogP contribution in [-0.2, 0) is 25.6 Å². The number of nitrogens with one attached hydrogen (secondary N) is 3. The van der Waals surface area contributed by atoms with E-state index in [0.29, 0.717) is 38.8 Å².